The molecule has 0 aliphatic heterocycles. The number of aryl methyl sites for hydroxylation is 2. The fourth-order valence-electron chi connectivity index (χ4n) is 4.35. The minimum atomic E-state index is -0.759. The second kappa shape index (κ2) is 9.34. The van der Waals surface area contributed by atoms with Crippen molar-refractivity contribution in [3.8, 4) is 22.5 Å². The summed E-state index contributed by atoms with van der Waals surface area (Å²) in [5.74, 6) is -0.315. The van der Waals surface area contributed by atoms with Crippen molar-refractivity contribution in [1.82, 2.24) is 5.16 Å². The molecule has 0 unspecified atom stereocenters. The van der Waals surface area contributed by atoms with Crippen molar-refractivity contribution >= 4 is 17.7 Å². The van der Waals surface area contributed by atoms with Gasteiger partial charge in [0.25, 0.3) is 0 Å². The lowest BCUT2D eigenvalue weighted by molar-refractivity contribution is -0.140. The Morgan fingerprint density at radius 2 is 1.61 bits per heavy atom. The van der Waals surface area contributed by atoms with Crippen LogP contribution in [0.2, 0.25) is 0 Å². The molecule has 0 bridgehead atoms. The minimum Gasteiger partial charge on any atom is -0.481 e. The second-order valence-electron chi connectivity index (χ2n) is 9.20. The number of aromatic nitrogens is 1. The number of aliphatic carboxylic acids is 1. The minimum absolute atomic E-state index is 0.161. The molecule has 0 radical (unpaired) electrons. The van der Waals surface area contributed by atoms with Crippen LogP contribution in [0.1, 0.15) is 35.2 Å². The van der Waals surface area contributed by atoms with Gasteiger partial charge in [0.15, 0.2) is 5.76 Å². The number of carbonyl (C=O) groups is 2. The Balaban J connectivity index is 1.28. The van der Waals surface area contributed by atoms with Crippen molar-refractivity contribution in [3.63, 3.8) is 0 Å². The van der Waals surface area contributed by atoms with Gasteiger partial charge in [-0.3, -0.25) is 10.1 Å². The molecular weight excluding hydrogens is 456 g/mol. The third-order valence-corrected chi connectivity index (χ3v) is 6.62. The summed E-state index contributed by atoms with van der Waals surface area (Å²) >= 11 is 0. The van der Waals surface area contributed by atoms with Crippen molar-refractivity contribution in [2.75, 3.05) is 5.32 Å². The third-order valence-electron chi connectivity index (χ3n) is 6.62. The molecule has 1 aliphatic rings. The molecule has 0 saturated heterocycles. The number of amides is 1. The molecule has 1 heterocycles. The third kappa shape index (κ3) is 4.60. The van der Waals surface area contributed by atoms with Gasteiger partial charge in [-0.25, -0.2) is 4.79 Å². The Kier molecular flexibility index (Phi) is 6.06. The second-order valence-corrected chi connectivity index (χ2v) is 9.20. The summed E-state index contributed by atoms with van der Waals surface area (Å²) in [7, 11) is 0. The summed E-state index contributed by atoms with van der Waals surface area (Å²) in [6, 6.07) is 23.2. The van der Waals surface area contributed by atoms with E-state index in [9.17, 15) is 14.7 Å². The highest BCUT2D eigenvalue weighted by molar-refractivity contribution is 5.91. The quantitative estimate of drug-likeness (QED) is 0.312. The number of hydrogen-bond donors (Lipinski definition) is 2. The summed E-state index contributed by atoms with van der Waals surface area (Å²) in [6.07, 6.45) is 0.779. The fourth-order valence-corrected chi connectivity index (χ4v) is 4.35. The number of carboxylic acid groups (broad SMARTS) is 1. The van der Waals surface area contributed by atoms with E-state index in [2.05, 4.69) is 10.5 Å². The first kappa shape index (κ1) is 23.4. The van der Waals surface area contributed by atoms with Gasteiger partial charge in [-0.05, 0) is 48.9 Å². The number of ether oxygens (including phenoxy) is 1. The van der Waals surface area contributed by atoms with E-state index < -0.39 is 17.5 Å². The van der Waals surface area contributed by atoms with E-state index in [0.29, 0.717) is 30.0 Å². The predicted octanol–water partition coefficient (Wildman–Crippen LogP) is 6.49. The molecule has 1 saturated carbocycles. The van der Waals surface area contributed by atoms with Crippen LogP contribution in [0.15, 0.2) is 77.3 Å². The Hall–Kier alpha value is -4.39. The average Bonchev–Trinajstić information content (AvgIpc) is 3.63. The highest BCUT2D eigenvalue weighted by Crippen LogP contribution is 2.48. The average molecular weight is 483 g/mol. The maximum absolute atomic E-state index is 12.4. The van der Waals surface area contributed by atoms with Crippen LogP contribution in [0, 0.1) is 13.8 Å². The zero-order valence-corrected chi connectivity index (χ0v) is 20.1. The van der Waals surface area contributed by atoms with E-state index in [1.807, 2.05) is 79.7 Å². The van der Waals surface area contributed by atoms with Gasteiger partial charge in [0.05, 0.1) is 5.41 Å². The predicted molar refractivity (Wildman–Crippen MR) is 136 cm³/mol. The molecule has 0 spiro atoms. The van der Waals surface area contributed by atoms with Crippen molar-refractivity contribution in [2.24, 2.45) is 0 Å². The van der Waals surface area contributed by atoms with Crippen molar-refractivity contribution in [3.05, 3.63) is 95.2 Å². The van der Waals surface area contributed by atoms with Crippen LogP contribution < -0.4 is 5.32 Å². The van der Waals surface area contributed by atoms with Gasteiger partial charge in [0, 0.05) is 5.56 Å². The maximum atomic E-state index is 12.4. The molecule has 0 atom stereocenters. The van der Waals surface area contributed by atoms with Crippen LogP contribution in [0.25, 0.3) is 22.5 Å². The number of nitrogens with zero attached hydrogens (tertiary/aromatic N) is 1. The van der Waals surface area contributed by atoms with Crippen LogP contribution >= 0.6 is 0 Å². The number of carboxylic acids is 1. The smallest absolute Gasteiger partial charge is 0.412 e. The number of hydrogen-bond acceptors (Lipinski definition) is 5. The van der Waals surface area contributed by atoms with E-state index in [1.165, 1.54) is 0 Å². The summed E-state index contributed by atoms with van der Waals surface area (Å²) in [5, 5.41) is 16.3. The van der Waals surface area contributed by atoms with Crippen LogP contribution in [0.4, 0.5) is 10.5 Å². The molecule has 4 aromatic rings. The van der Waals surface area contributed by atoms with Crippen LogP contribution in [-0.2, 0) is 21.6 Å². The summed E-state index contributed by atoms with van der Waals surface area (Å²) in [6.45, 7) is 3.90. The number of carbonyl (C=O) groups excluding carboxylic acids is 1. The SMILES string of the molecule is Cc1cccc(COC(=O)Nc2c(C)noc2-c2ccc(-c3ccc(C4(C(=O)O)CC4)cc3)cc2)c1. The zero-order chi connectivity index (χ0) is 25.3. The first-order chi connectivity index (χ1) is 17.4. The molecule has 1 aromatic heterocycles. The summed E-state index contributed by atoms with van der Waals surface area (Å²) < 4.78 is 10.9. The van der Waals surface area contributed by atoms with Gasteiger partial charge in [0.2, 0.25) is 0 Å². The lowest BCUT2D eigenvalue weighted by atomic mass is 9.93. The van der Waals surface area contributed by atoms with Gasteiger partial charge in [-0.1, -0.05) is 83.5 Å². The molecule has 1 fully saturated rings. The summed E-state index contributed by atoms with van der Waals surface area (Å²) in [5.41, 5.74) is 5.87. The first-order valence-corrected chi connectivity index (χ1v) is 11.8. The van der Waals surface area contributed by atoms with Gasteiger partial charge in [-0.2, -0.15) is 0 Å². The Labute approximate surface area is 208 Å². The fraction of sp³-hybridized carbons (Fsp3) is 0.207. The zero-order valence-electron chi connectivity index (χ0n) is 20.1. The standard InChI is InChI=1S/C29H26N2O5/c1-18-4-3-5-20(16-18)17-35-28(34)30-25-19(2)31-36-26(25)23-8-6-21(7-9-23)22-10-12-24(13-11-22)29(14-15-29)27(32)33/h3-13,16H,14-15,17H2,1-2H3,(H,30,34)(H,32,33). The monoisotopic (exact) mass is 482 g/mol. The van der Waals surface area contributed by atoms with Crippen LogP contribution in [0.3, 0.4) is 0 Å². The molecule has 182 valence electrons. The van der Waals surface area contributed by atoms with E-state index in [1.54, 1.807) is 6.92 Å². The van der Waals surface area contributed by atoms with E-state index in [0.717, 1.165) is 33.4 Å². The molecule has 2 N–H and O–H groups in total. The molecule has 5 rings (SSSR count). The van der Waals surface area contributed by atoms with Gasteiger partial charge in [0.1, 0.15) is 18.0 Å². The van der Waals surface area contributed by atoms with Crippen LogP contribution in [0.5, 0.6) is 0 Å². The van der Waals surface area contributed by atoms with Crippen LogP contribution in [-0.4, -0.2) is 22.3 Å². The molecule has 3 aromatic carbocycles. The van der Waals surface area contributed by atoms with Crippen molar-refractivity contribution in [2.45, 2.75) is 38.7 Å². The molecule has 7 nitrogen and oxygen atoms in total. The number of anilines is 1. The van der Waals surface area contributed by atoms with Gasteiger partial charge in [-0.15, -0.1) is 0 Å². The van der Waals surface area contributed by atoms with E-state index in [-0.39, 0.29) is 6.61 Å². The largest absolute Gasteiger partial charge is 0.481 e. The topological polar surface area (TPSA) is 102 Å². The lowest BCUT2D eigenvalue weighted by Gasteiger charge is -2.11. The summed E-state index contributed by atoms with van der Waals surface area (Å²) in [4.78, 5) is 24.0. The van der Waals surface area contributed by atoms with Gasteiger partial charge < -0.3 is 14.4 Å². The maximum Gasteiger partial charge on any atom is 0.412 e. The Morgan fingerprint density at radius 1 is 0.972 bits per heavy atom. The van der Waals surface area contributed by atoms with E-state index >= 15 is 0 Å². The Morgan fingerprint density at radius 3 is 2.22 bits per heavy atom. The first-order valence-electron chi connectivity index (χ1n) is 11.8. The normalized spacial score (nSPS) is 13.7. The number of benzene rings is 3. The molecule has 36 heavy (non-hydrogen) atoms. The molecule has 1 aliphatic carbocycles. The highest BCUT2D eigenvalue weighted by Gasteiger charge is 2.51. The van der Waals surface area contributed by atoms with E-state index in [4.69, 9.17) is 9.26 Å². The molecular formula is C29H26N2O5. The molecule has 1 amide bonds. The van der Waals surface area contributed by atoms with Crippen molar-refractivity contribution < 1.29 is 24.0 Å². The Bertz CT molecular complexity index is 1420. The molecule has 7 heteroatoms. The van der Waals surface area contributed by atoms with Crippen molar-refractivity contribution in [1.29, 1.82) is 0 Å². The van der Waals surface area contributed by atoms with Gasteiger partial charge >= 0.3 is 12.1 Å². The number of rotatable bonds is 7. The lowest BCUT2D eigenvalue weighted by Crippen LogP contribution is -2.19. The number of nitrogens with one attached hydrogen (secondary N) is 1. The highest BCUT2D eigenvalue weighted by atomic mass is 16.5.